The Bertz CT molecular complexity index is 543. The fourth-order valence-electron chi connectivity index (χ4n) is 3.33. The van der Waals surface area contributed by atoms with Crippen molar-refractivity contribution in [2.75, 3.05) is 13.7 Å². The molecule has 2 fully saturated rings. The molecule has 5 heteroatoms. The minimum Gasteiger partial charge on any atom is -0.494 e. The molecule has 21 heavy (non-hydrogen) atoms. The Labute approximate surface area is 124 Å². The van der Waals surface area contributed by atoms with Crippen LogP contribution < -0.4 is 15.4 Å². The molecule has 1 amide bonds. The molecule has 1 spiro atoms. The molecule has 1 heterocycles. The van der Waals surface area contributed by atoms with Gasteiger partial charge >= 0.3 is 0 Å². The van der Waals surface area contributed by atoms with Gasteiger partial charge in [-0.2, -0.15) is 0 Å². The van der Waals surface area contributed by atoms with Crippen LogP contribution in [0.5, 0.6) is 5.75 Å². The van der Waals surface area contributed by atoms with Crippen molar-refractivity contribution in [2.45, 2.75) is 43.7 Å². The van der Waals surface area contributed by atoms with Crippen LogP contribution in [0.25, 0.3) is 0 Å². The van der Waals surface area contributed by atoms with Gasteiger partial charge in [0.2, 0.25) is 0 Å². The smallest absolute Gasteiger partial charge is 0.251 e. The molecule has 0 bridgehead atoms. The van der Waals surface area contributed by atoms with Crippen LogP contribution in [-0.2, 0) is 0 Å². The Hall–Kier alpha value is -1.62. The molecule has 1 saturated carbocycles. The number of hydrogen-bond acceptors (Lipinski definition) is 3. The maximum absolute atomic E-state index is 13.4. The molecule has 2 aliphatic rings. The van der Waals surface area contributed by atoms with Gasteiger partial charge in [0.25, 0.3) is 5.91 Å². The van der Waals surface area contributed by atoms with Gasteiger partial charge in [-0.1, -0.05) is 0 Å². The molecule has 4 nitrogen and oxygen atoms in total. The summed E-state index contributed by atoms with van der Waals surface area (Å²) in [5.74, 6) is -0.512. The molecule has 1 aliphatic heterocycles. The van der Waals surface area contributed by atoms with Crippen molar-refractivity contribution in [3.8, 4) is 5.75 Å². The van der Waals surface area contributed by atoms with Crippen LogP contribution >= 0.6 is 0 Å². The minimum atomic E-state index is -0.454. The zero-order valence-corrected chi connectivity index (χ0v) is 12.2. The van der Waals surface area contributed by atoms with E-state index in [9.17, 15) is 9.18 Å². The monoisotopic (exact) mass is 292 g/mol. The zero-order valence-electron chi connectivity index (χ0n) is 12.2. The number of amides is 1. The lowest BCUT2D eigenvalue weighted by Crippen LogP contribution is -2.59. The SMILES string of the molecule is COc1cc(C(=O)NC2CCNC3(CCC3)C2)ccc1F. The Morgan fingerprint density at radius 2 is 2.29 bits per heavy atom. The van der Waals surface area contributed by atoms with E-state index in [0.717, 1.165) is 19.4 Å². The predicted octanol–water partition coefficient (Wildman–Crippen LogP) is 2.24. The van der Waals surface area contributed by atoms with Crippen LogP contribution in [0.3, 0.4) is 0 Å². The Morgan fingerprint density at radius 3 is 2.95 bits per heavy atom. The van der Waals surface area contributed by atoms with Gasteiger partial charge in [0, 0.05) is 17.1 Å². The van der Waals surface area contributed by atoms with E-state index in [1.54, 1.807) is 0 Å². The van der Waals surface area contributed by atoms with Crippen LogP contribution in [0.1, 0.15) is 42.5 Å². The third kappa shape index (κ3) is 2.88. The molecule has 114 valence electrons. The average molecular weight is 292 g/mol. The van der Waals surface area contributed by atoms with Gasteiger partial charge in [-0.3, -0.25) is 4.79 Å². The van der Waals surface area contributed by atoms with E-state index in [-0.39, 0.29) is 23.2 Å². The van der Waals surface area contributed by atoms with Crippen molar-refractivity contribution in [3.05, 3.63) is 29.6 Å². The molecule has 1 aromatic rings. The molecular weight excluding hydrogens is 271 g/mol. The van der Waals surface area contributed by atoms with Crippen LogP contribution in [-0.4, -0.2) is 31.1 Å². The maximum Gasteiger partial charge on any atom is 0.251 e. The van der Waals surface area contributed by atoms with E-state index in [0.29, 0.717) is 5.56 Å². The van der Waals surface area contributed by atoms with Gasteiger partial charge < -0.3 is 15.4 Å². The van der Waals surface area contributed by atoms with Crippen molar-refractivity contribution in [2.24, 2.45) is 0 Å². The van der Waals surface area contributed by atoms with Crippen LogP contribution in [0.2, 0.25) is 0 Å². The van der Waals surface area contributed by atoms with Crippen LogP contribution in [0.15, 0.2) is 18.2 Å². The van der Waals surface area contributed by atoms with Crippen molar-refractivity contribution >= 4 is 5.91 Å². The summed E-state index contributed by atoms with van der Waals surface area (Å²) in [4.78, 5) is 12.3. The lowest BCUT2D eigenvalue weighted by Gasteiger charge is -2.48. The molecule has 2 N–H and O–H groups in total. The molecule has 1 aromatic carbocycles. The van der Waals surface area contributed by atoms with Crippen molar-refractivity contribution in [1.29, 1.82) is 0 Å². The van der Waals surface area contributed by atoms with Crippen molar-refractivity contribution < 1.29 is 13.9 Å². The first-order chi connectivity index (χ1) is 10.1. The van der Waals surface area contributed by atoms with E-state index >= 15 is 0 Å². The normalized spacial score (nSPS) is 23.4. The first-order valence-electron chi connectivity index (χ1n) is 7.51. The highest BCUT2D eigenvalue weighted by atomic mass is 19.1. The summed E-state index contributed by atoms with van der Waals surface area (Å²) < 4.78 is 18.3. The summed E-state index contributed by atoms with van der Waals surface area (Å²) in [7, 11) is 1.40. The fourth-order valence-corrected chi connectivity index (χ4v) is 3.33. The Balaban J connectivity index is 1.65. The summed E-state index contributed by atoms with van der Waals surface area (Å²) in [6.07, 6.45) is 5.58. The van der Waals surface area contributed by atoms with Crippen molar-refractivity contribution in [3.63, 3.8) is 0 Å². The van der Waals surface area contributed by atoms with Crippen LogP contribution in [0, 0.1) is 5.82 Å². The second-order valence-corrected chi connectivity index (χ2v) is 6.07. The van der Waals surface area contributed by atoms with E-state index in [4.69, 9.17) is 4.74 Å². The number of halogens is 1. The predicted molar refractivity (Wildman–Crippen MR) is 78.0 cm³/mol. The van der Waals surface area contributed by atoms with E-state index in [1.165, 1.54) is 44.6 Å². The molecule has 0 radical (unpaired) electrons. The summed E-state index contributed by atoms with van der Waals surface area (Å²) in [6, 6.07) is 4.40. The van der Waals surface area contributed by atoms with Crippen LogP contribution in [0.4, 0.5) is 4.39 Å². The molecule has 0 aromatic heterocycles. The highest BCUT2D eigenvalue weighted by molar-refractivity contribution is 5.94. The van der Waals surface area contributed by atoms with E-state index in [2.05, 4.69) is 10.6 Å². The third-order valence-corrected chi connectivity index (χ3v) is 4.69. The van der Waals surface area contributed by atoms with E-state index in [1.807, 2.05) is 0 Å². The lowest BCUT2D eigenvalue weighted by molar-refractivity contribution is 0.0852. The standard InChI is InChI=1S/C16H21FN2O2/c1-21-14-9-11(3-4-13(14)17)15(20)19-12-5-8-18-16(10-12)6-2-7-16/h3-4,9,12,18H,2,5-8,10H2,1H3,(H,19,20). The van der Waals surface area contributed by atoms with Crippen molar-refractivity contribution in [1.82, 2.24) is 10.6 Å². The third-order valence-electron chi connectivity index (χ3n) is 4.69. The van der Waals surface area contributed by atoms with Gasteiger partial charge in [0.1, 0.15) is 0 Å². The number of carbonyl (C=O) groups is 1. The highest BCUT2D eigenvalue weighted by Crippen LogP contribution is 2.38. The highest BCUT2D eigenvalue weighted by Gasteiger charge is 2.41. The summed E-state index contributed by atoms with van der Waals surface area (Å²) in [6.45, 7) is 0.942. The van der Waals surface area contributed by atoms with Gasteiger partial charge in [-0.15, -0.1) is 0 Å². The molecule has 1 atom stereocenters. The number of methoxy groups -OCH3 is 1. The molecular formula is C16H21FN2O2. The first kappa shape index (κ1) is 14.3. The Kier molecular flexibility index (Phi) is 3.85. The number of carbonyl (C=O) groups excluding carboxylic acids is 1. The second-order valence-electron chi connectivity index (χ2n) is 6.07. The molecule has 1 unspecified atom stereocenters. The average Bonchev–Trinajstić information content (AvgIpc) is 2.46. The second kappa shape index (κ2) is 5.64. The number of piperidine rings is 1. The Morgan fingerprint density at radius 1 is 1.48 bits per heavy atom. The first-order valence-corrected chi connectivity index (χ1v) is 7.51. The van der Waals surface area contributed by atoms with Gasteiger partial charge in [-0.25, -0.2) is 4.39 Å². The molecule has 3 rings (SSSR count). The summed E-state index contributed by atoms with van der Waals surface area (Å²) in [5.41, 5.74) is 0.686. The lowest BCUT2D eigenvalue weighted by atomic mass is 9.70. The maximum atomic E-state index is 13.4. The quantitative estimate of drug-likeness (QED) is 0.898. The largest absolute Gasteiger partial charge is 0.494 e. The summed E-state index contributed by atoms with van der Waals surface area (Å²) >= 11 is 0. The molecule has 1 saturated heterocycles. The number of benzene rings is 1. The minimum absolute atomic E-state index is 0.100. The van der Waals surface area contributed by atoms with Gasteiger partial charge in [-0.05, 0) is 56.8 Å². The topological polar surface area (TPSA) is 50.4 Å². The summed E-state index contributed by atoms with van der Waals surface area (Å²) in [5, 5.41) is 6.65. The molecule has 1 aliphatic carbocycles. The van der Waals surface area contributed by atoms with Gasteiger partial charge in [0.05, 0.1) is 7.11 Å². The zero-order chi connectivity index (χ0) is 14.9. The fraction of sp³-hybridized carbons (Fsp3) is 0.562. The van der Waals surface area contributed by atoms with E-state index < -0.39 is 5.82 Å². The number of rotatable bonds is 3. The number of ether oxygens (including phenoxy) is 1. The number of nitrogens with one attached hydrogen (secondary N) is 2. The van der Waals surface area contributed by atoms with Gasteiger partial charge in [0.15, 0.2) is 11.6 Å². The number of hydrogen-bond donors (Lipinski definition) is 2.